The van der Waals surface area contributed by atoms with Crippen LogP contribution in [0.1, 0.15) is 13.8 Å². The molecule has 1 aromatic heterocycles. The van der Waals surface area contributed by atoms with Crippen LogP contribution in [0.25, 0.3) is 11.0 Å². The van der Waals surface area contributed by atoms with Gasteiger partial charge >= 0.3 is 0 Å². The Morgan fingerprint density at radius 1 is 1.11 bits per heavy atom. The third kappa shape index (κ3) is 2.46. The molecule has 1 aromatic carbocycles. The van der Waals surface area contributed by atoms with Crippen LogP contribution in [0.4, 0.5) is 0 Å². The Morgan fingerprint density at radius 2 is 1.72 bits per heavy atom. The maximum absolute atomic E-state index is 11.8. The fourth-order valence-corrected chi connectivity index (χ4v) is 1.90. The quantitative estimate of drug-likeness (QED) is 0.864. The van der Waals surface area contributed by atoms with Gasteiger partial charge in [-0.05, 0) is 19.9 Å². The zero-order chi connectivity index (χ0) is 13.1. The molecule has 1 heterocycles. The number of ether oxygens (including phenoxy) is 2. The predicted octanol–water partition coefficient (Wildman–Crippen LogP) is 2.88. The number of hydrogen-bond acceptors (Lipinski definition) is 5. The van der Waals surface area contributed by atoms with E-state index in [1.54, 1.807) is 12.1 Å². The van der Waals surface area contributed by atoms with Crippen molar-refractivity contribution < 1.29 is 13.9 Å². The summed E-state index contributed by atoms with van der Waals surface area (Å²) < 4.78 is 16.3. The first-order valence-corrected chi connectivity index (χ1v) is 6.17. The molecule has 0 aliphatic rings. The van der Waals surface area contributed by atoms with Crippen LogP contribution >= 0.6 is 12.6 Å². The first-order valence-electron chi connectivity index (χ1n) is 5.72. The lowest BCUT2D eigenvalue weighted by atomic mass is 10.2. The van der Waals surface area contributed by atoms with Gasteiger partial charge in [-0.1, -0.05) is 0 Å². The highest BCUT2D eigenvalue weighted by Crippen LogP contribution is 2.32. The summed E-state index contributed by atoms with van der Waals surface area (Å²) in [7, 11) is 0. The van der Waals surface area contributed by atoms with E-state index >= 15 is 0 Å². The van der Waals surface area contributed by atoms with Crippen molar-refractivity contribution in [3.05, 3.63) is 28.4 Å². The summed E-state index contributed by atoms with van der Waals surface area (Å²) in [5, 5.41) is 0.735. The largest absolute Gasteiger partial charge is 0.490 e. The van der Waals surface area contributed by atoms with E-state index in [0.29, 0.717) is 35.7 Å². The SMILES string of the molecule is CCOc1cc2oc(S)cc(=O)c2cc1OCC. The van der Waals surface area contributed by atoms with Crippen molar-refractivity contribution in [2.75, 3.05) is 13.2 Å². The van der Waals surface area contributed by atoms with E-state index in [-0.39, 0.29) is 10.5 Å². The Balaban J connectivity index is 2.67. The van der Waals surface area contributed by atoms with Crippen LogP contribution in [0.5, 0.6) is 11.5 Å². The molecule has 96 valence electrons. The lowest BCUT2D eigenvalue weighted by Crippen LogP contribution is -2.03. The molecule has 0 bridgehead atoms. The van der Waals surface area contributed by atoms with Gasteiger partial charge in [0.05, 0.1) is 18.6 Å². The standard InChI is InChI=1S/C13H14O4S/c1-3-15-11-5-8-9(14)6-13(18)17-10(8)7-12(11)16-4-2/h5-7,18H,3-4H2,1-2H3. The van der Waals surface area contributed by atoms with Crippen LogP contribution in [0.2, 0.25) is 0 Å². The molecule has 0 saturated carbocycles. The Kier molecular flexibility index (Phi) is 3.81. The van der Waals surface area contributed by atoms with E-state index in [2.05, 4.69) is 12.6 Å². The van der Waals surface area contributed by atoms with Crippen molar-refractivity contribution in [1.82, 2.24) is 0 Å². The Hall–Kier alpha value is -1.62. The third-order valence-electron chi connectivity index (χ3n) is 2.38. The maximum atomic E-state index is 11.8. The third-order valence-corrected chi connectivity index (χ3v) is 2.60. The van der Waals surface area contributed by atoms with Gasteiger partial charge < -0.3 is 13.9 Å². The highest BCUT2D eigenvalue weighted by atomic mass is 32.1. The summed E-state index contributed by atoms with van der Waals surface area (Å²) in [5.74, 6) is 1.11. The van der Waals surface area contributed by atoms with Crippen molar-refractivity contribution in [3.63, 3.8) is 0 Å². The van der Waals surface area contributed by atoms with Gasteiger partial charge in [0, 0.05) is 12.1 Å². The minimum absolute atomic E-state index is 0.148. The molecule has 0 aliphatic heterocycles. The molecule has 0 aliphatic carbocycles. The van der Waals surface area contributed by atoms with Crippen LogP contribution in [-0.4, -0.2) is 13.2 Å². The first-order chi connectivity index (χ1) is 8.65. The topological polar surface area (TPSA) is 48.7 Å². The number of thiol groups is 1. The zero-order valence-electron chi connectivity index (χ0n) is 10.2. The average Bonchev–Trinajstić information content (AvgIpc) is 2.31. The minimum atomic E-state index is -0.148. The molecule has 4 nitrogen and oxygen atoms in total. The molecule has 0 unspecified atom stereocenters. The summed E-state index contributed by atoms with van der Waals surface area (Å²) in [6, 6.07) is 4.63. The second-order valence-corrected chi connectivity index (χ2v) is 4.05. The minimum Gasteiger partial charge on any atom is -0.490 e. The maximum Gasteiger partial charge on any atom is 0.193 e. The Labute approximate surface area is 110 Å². The summed E-state index contributed by atoms with van der Waals surface area (Å²) >= 11 is 4.04. The van der Waals surface area contributed by atoms with Crippen molar-refractivity contribution >= 4 is 23.6 Å². The van der Waals surface area contributed by atoms with Crippen LogP contribution in [0.3, 0.4) is 0 Å². The number of hydrogen-bond donors (Lipinski definition) is 1. The fraction of sp³-hybridized carbons (Fsp3) is 0.308. The van der Waals surface area contributed by atoms with Gasteiger partial charge in [-0.15, -0.1) is 12.6 Å². The van der Waals surface area contributed by atoms with E-state index in [1.807, 2.05) is 13.8 Å². The molecule has 2 aromatic rings. The summed E-state index contributed by atoms with van der Waals surface area (Å²) in [6.07, 6.45) is 0. The molecule has 0 saturated heterocycles. The molecule has 0 atom stereocenters. The number of benzene rings is 1. The van der Waals surface area contributed by atoms with Crippen LogP contribution < -0.4 is 14.9 Å². The van der Waals surface area contributed by atoms with E-state index in [0.717, 1.165) is 0 Å². The molecule has 2 rings (SSSR count). The van der Waals surface area contributed by atoms with Gasteiger partial charge in [0.2, 0.25) is 0 Å². The molecule has 0 spiro atoms. The fourth-order valence-electron chi connectivity index (χ4n) is 1.69. The second-order valence-electron chi connectivity index (χ2n) is 3.61. The molecule has 18 heavy (non-hydrogen) atoms. The van der Waals surface area contributed by atoms with E-state index in [4.69, 9.17) is 13.9 Å². The Morgan fingerprint density at radius 3 is 2.33 bits per heavy atom. The highest BCUT2D eigenvalue weighted by Gasteiger charge is 2.11. The smallest absolute Gasteiger partial charge is 0.193 e. The molecule has 0 amide bonds. The lowest BCUT2D eigenvalue weighted by molar-refractivity contribution is 0.288. The highest BCUT2D eigenvalue weighted by molar-refractivity contribution is 7.80. The molecule has 5 heteroatoms. The summed E-state index contributed by atoms with van der Waals surface area (Å²) in [5.41, 5.74) is 0.296. The van der Waals surface area contributed by atoms with Crippen molar-refractivity contribution in [3.8, 4) is 11.5 Å². The van der Waals surface area contributed by atoms with Crippen LogP contribution in [-0.2, 0) is 0 Å². The normalized spacial score (nSPS) is 10.6. The van der Waals surface area contributed by atoms with E-state index < -0.39 is 0 Å². The Bertz CT molecular complexity index is 618. The second kappa shape index (κ2) is 5.35. The summed E-state index contributed by atoms with van der Waals surface area (Å²) in [6.45, 7) is 4.77. The zero-order valence-corrected chi connectivity index (χ0v) is 11.1. The number of fused-ring (bicyclic) bond motifs is 1. The molecule has 0 radical (unpaired) electrons. The predicted molar refractivity (Wildman–Crippen MR) is 72.1 cm³/mol. The van der Waals surface area contributed by atoms with Crippen LogP contribution in [0.15, 0.2) is 32.5 Å². The van der Waals surface area contributed by atoms with Gasteiger partial charge in [-0.2, -0.15) is 0 Å². The molecule has 0 fully saturated rings. The van der Waals surface area contributed by atoms with Crippen molar-refractivity contribution in [2.45, 2.75) is 18.9 Å². The number of rotatable bonds is 4. The van der Waals surface area contributed by atoms with Crippen molar-refractivity contribution in [1.29, 1.82) is 0 Å². The van der Waals surface area contributed by atoms with Gasteiger partial charge in [0.15, 0.2) is 22.0 Å². The van der Waals surface area contributed by atoms with Gasteiger partial charge in [0.25, 0.3) is 0 Å². The van der Waals surface area contributed by atoms with Gasteiger partial charge in [0.1, 0.15) is 5.58 Å². The van der Waals surface area contributed by atoms with Gasteiger partial charge in [-0.3, -0.25) is 4.79 Å². The van der Waals surface area contributed by atoms with Crippen LogP contribution in [0, 0.1) is 0 Å². The van der Waals surface area contributed by atoms with E-state index in [1.165, 1.54) is 6.07 Å². The molecular weight excluding hydrogens is 252 g/mol. The van der Waals surface area contributed by atoms with E-state index in [9.17, 15) is 4.79 Å². The monoisotopic (exact) mass is 266 g/mol. The summed E-state index contributed by atoms with van der Waals surface area (Å²) in [4.78, 5) is 11.8. The lowest BCUT2D eigenvalue weighted by Gasteiger charge is -2.11. The average molecular weight is 266 g/mol. The van der Waals surface area contributed by atoms with Gasteiger partial charge in [-0.25, -0.2) is 0 Å². The van der Waals surface area contributed by atoms with Crippen molar-refractivity contribution in [2.24, 2.45) is 0 Å². The molecule has 0 N–H and O–H groups in total. The molecular formula is C13H14O4S. The first kappa shape index (κ1) is 12.8.